The van der Waals surface area contributed by atoms with Gasteiger partial charge in [0.15, 0.2) is 0 Å². The summed E-state index contributed by atoms with van der Waals surface area (Å²) in [6, 6.07) is 14.0. The summed E-state index contributed by atoms with van der Waals surface area (Å²) >= 11 is 0. The van der Waals surface area contributed by atoms with E-state index >= 15 is 0 Å². The second kappa shape index (κ2) is 9.32. The minimum absolute atomic E-state index is 0.0289. The number of nitro groups is 1. The van der Waals surface area contributed by atoms with Gasteiger partial charge in [0.25, 0.3) is 15.8 Å². The number of nitrogens with zero attached hydrogens (tertiary/aromatic N) is 2. The maximum Gasteiger partial charge on any atom is 0.419 e. The van der Waals surface area contributed by atoms with Gasteiger partial charge in [0.05, 0.1) is 23.5 Å². The lowest BCUT2D eigenvalue weighted by molar-refractivity contribution is -0.383. The first kappa shape index (κ1) is 24.4. The molecule has 3 rings (SSSR count). The number of hydrogen-bond donors (Lipinski definition) is 0. The van der Waals surface area contributed by atoms with Crippen molar-refractivity contribution in [2.75, 3.05) is 12.9 Å². The minimum atomic E-state index is -3.56. The van der Waals surface area contributed by atoms with E-state index in [0.717, 1.165) is 6.26 Å². The molecule has 0 aliphatic rings. The number of non-ortho nitro benzene ring substituents is 1. The van der Waals surface area contributed by atoms with Crippen LogP contribution in [0.3, 0.4) is 0 Å². The zero-order valence-electron chi connectivity index (χ0n) is 18.9. The lowest BCUT2D eigenvalue weighted by atomic mass is 10.1. The van der Waals surface area contributed by atoms with E-state index in [1.165, 1.54) is 10.6 Å². The average Bonchev–Trinajstić information content (AvgIpc) is 3.09. The number of rotatable bonds is 7. The van der Waals surface area contributed by atoms with Gasteiger partial charge < -0.3 is 4.74 Å². The van der Waals surface area contributed by atoms with Crippen LogP contribution < -0.4 is 0 Å². The lowest BCUT2D eigenvalue weighted by Crippen LogP contribution is -2.27. The fourth-order valence-electron chi connectivity index (χ4n) is 3.48. The summed E-state index contributed by atoms with van der Waals surface area (Å²) in [6.45, 7) is 5.15. The van der Waals surface area contributed by atoms with E-state index < -0.39 is 26.7 Å². The summed E-state index contributed by atoms with van der Waals surface area (Å²) in [4.78, 5) is 24.6. The molecule has 33 heavy (non-hydrogen) atoms. The molecule has 0 amide bonds. The Morgan fingerprint density at radius 2 is 1.79 bits per heavy atom. The Hall–Kier alpha value is -3.24. The summed E-state index contributed by atoms with van der Waals surface area (Å²) in [7, 11) is -3.56. The van der Waals surface area contributed by atoms with Crippen LogP contribution in [0.1, 0.15) is 32.8 Å². The Balaban J connectivity index is 2.13. The predicted octanol–water partition coefficient (Wildman–Crippen LogP) is 4.91. The van der Waals surface area contributed by atoms with E-state index in [2.05, 4.69) is 0 Å². The molecule has 0 saturated heterocycles. The fraction of sp³-hybridized carbons (Fsp3) is 0.348. The highest BCUT2D eigenvalue weighted by Gasteiger charge is 2.28. The number of ether oxygens (including phenoxy) is 1. The Kier molecular flexibility index (Phi) is 6.89. The highest BCUT2D eigenvalue weighted by atomic mass is 32.2. The fourth-order valence-corrected chi connectivity index (χ4v) is 3.90. The van der Waals surface area contributed by atoms with Crippen molar-refractivity contribution >= 4 is 32.8 Å². The molecule has 0 spiro atoms. The van der Waals surface area contributed by atoms with Gasteiger partial charge in [-0.25, -0.2) is 9.36 Å². The van der Waals surface area contributed by atoms with Crippen LogP contribution >= 0.6 is 0 Å². The largest absolute Gasteiger partial charge is 0.443 e. The molecule has 0 unspecified atom stereocenters. The van der Waals surface area contributed by atoms with E-state index in [-0.39, 0.29) is 17.8 Å². The zero-order chi connectivity index (χ0) is 24.4. The van der Waals surface area contributed by atoms with Crippen molar-refractivity contribution in [1.82, 2.24) is 4.57 Å². The average molecular weight is 475 g/mol. The Bertz CT molecular complexity index is 1290. The highest BCUT2D eigenvalue weighted by Crippen LogP contribution is 2.36. The third-order valence-electron chi connectivity index (χ3n) is 4.69. The third kappa shape index (κ3) is 6.17. The van der Waals surface area contributed by atoms with Crippen molar-refractivity contribution in [3.05, 3.63) is 64.2 Å². The smallest absolute Gasteiger partial charge is 0.419 e. The van der Waals surface area contributed by atoms with Crippen molar-refractivity contribution in [3.8, 4) is 11.3 Å². The van der Waals surface area contributed by atoms with Crippen LogP contribution in [0.2, 0.25) is 0 Å². The van der Waals surface area contributed by atoms with Gasteiger partial charge in [-0.1, -0.05) is 30.3 Å². The number of hydrogen-bond acceptors (Lipinski definition) is 7. The summed E-state index contributed by atoms with van der Waals surface area (Å²) in [5, 5.41) is 12.5. The molecule has 0 saturated carbocycles. The van der Waals surface area contributed by atoms with Crippen LogP contribution in [0.15, 0.2) is 48.5 Å². The van der Waals surface area contributed by atoms with Crippen molar-refractivity contribution in [2.45, 2.75) is 39.2 Å². The second-order valence-electron chi connectivity index (χ2n) is 8.65. The van der Waals surface area contributed by atoms with Crippen LogP contribution in [0.4, 0.5) is 10.5 Å². The summed E-state index contributed by atoms with van der Waals surface area (Å²) in [5.74, 6) is 0. The maximum absolute atomic E-state index is 13.1. The topological polar surface area (TPSA) is 118 Å². The third-order valence-corrected chi connectivity index (χ3v) is 5.28. The first-order valence-corrected chi connectivity index (χ1v) is 12.1. The molecule has 0 aliphatic carbocycles. The molecule has 0 radical (unpaired) electrons. The molecule has 1 aromatic heterocycles. The van der Waals surface area contributed by atoms with Gasteiger partial charge in [0.1, 0.15) is 11.1 Å². The van der Waals surface area contributed by atoms with Crippen molar-refractivity contribution < 1.29 is 27.1 Å². The summed E-state index contributed by atoms with van der Waals surface area (Å²) < 4.78 is 33.8. The van der Waals surface area contributed by atoms with Crippen molar-refractivity contribution in [2.24, 2.45) is 0 Å². The second-order valence-corrected chi connectivity index (χ2v) is 10.3. The zero-order valence-corrected chi connectivity index (χ0v) is 19.7. The minimum Gasteiger partial charge on any atom is -0.443 e. The molecular formula is C23H26N2O7S. The molecular weight excluding hydrogens is 448 g/mol. The number of aromatic nitrogens is 1. The van der Waals surface area contributed by atoms with Gasteiger partial charge in [-0.3, -0.25) is 14.3 Å². The van der Waals surface area contributed by atoms with Crippen LogP contribution in [0.25, 0.3) is 22.2 Å². The Labute approximate surface area is 192 Å². The van der Waals surface area contributed by atoms with Gasteiger partial charge in [-0.2, -0.15) is 8.42 Å². The molecule has 1 heterocycles. The van der Waals surface area contributed by atoms with Gasteiger partial charge in [-0.15, -0.1) is 0 Å². The predicted molar refractivity (Wildman–Crippen MR) is 125 cm³/mol. The highest BCUT2D eigenvalue weighted by molar-refractivity contribution is 7.85. The molecule has 0 fully saturated rings. The van der Waals surface area contributed by atoms with Crippen LogP contribution in [0.5, 0.6) is 0 Å². The van der Waals surface area contributed by atoms with Gasteiger partial charge in [-0.05, 0) is 56.9 Å². The quantitative estimate of drug-likeness (QED) is 0.207. The Morgan fingerprint density at radius 3 is 2.36 bits per heavy atom. The molecule has 0 atom stereocenters. The number of carbonyl (C=O) groups is 1. The molecule has 2 aromatic carbocycles. The van der Waals surface area contributed by atoms with Crippen LogP contribution in [0, 0.1) is 10.1 Å². The maximum atomic E-state index is 13.1. The van der Waals surface area contributed by atoms with E-state index in [0.29, 0.717) is 35.0 Å². The molecule has 10 heteroatoms. The SMILES string of the molecule is CC(C)(C)OC(=O)n1c(-c2ccccc2)cc2cc(CCCOS(C)(=O)=O)cc([N+](=O)[O-])c21. The van der Waals surface area contributed by atoms with Crippen molar-refractivity contribution in [1.29, 1.82) is 0 Å². The number of aryl methyl sites for hydroxylation is 1. The standard InChI is InChI=1S/C23H26N2O7S/c1-23(2,3)32-22(26)24-19(17-10-6-5-7-11-17)15-18-13-16(9-8-12-31-33(4,29)30)14-20(21(18)24)25(27)28/h5-7,10-11,13-15H,8-9,12H2,1-4H3. The number of carbonyl (C=O) groups excluding carboxylic acids is 1. The van der Waals surface area contributed by atoms with E-state index in [4.69, 9.17) is 8.92 Å². The molecule has 9 nitrogen and oxygen atoms in total. The van der Waals surface area contributed by atoms with Crippen molar-refractivity contribution in [3.63, 3.8) is 0 Å². The van der Waals surface area contributed by atoms with Gasteiger partial charge in [0, 0.05) is 11.5 Å². The summed E-state index contributed by atoms with van der Waals surface area (Å²) in [5.41, 5.74) is 0.921. The first-order chi connectivity index (χ1) is 15.4. The number of nitro benzene ring substituents is 1. The number of fused-ring (bicyclic) bond motifs is 1. The van der Waals surface area contributed by atoms with Gasteiger partial charge in [0.2, 0.25) is 0 Å². The lowest BCUT2D eigenvalue weighted by Gasteiger charge is -2.21. The molecule has 0 N–H and O–H groups in total. The monoisotopic (exact) mass is 474 g/mol. The Morgan fingerprint density at radius 1 is 1.12 bits per heavy atom. The van der Waals surface area contributed by atoms with E-state index in [1.54, 1.807) is 32.9 Å². The normalized spacial score (nSPS) is 12.1. The van der Waals surface area contributed by atoms with E-state index in [9.17, 15) is 23.3 Å². The molecule has 0 bridgehead atoms. The first-order valence-electron chi connectivity index (χ1n) is 10.3. The molecule has 176 valence electrons. The number of benzene rings is 2. The van der Waals surface area contributed by atoms with Crippen LogP contribution in [-0.4, -0.2) is 42.5 Å². The van der Waals surface area contributed by atoms with E-state index in [1.807, 2.05) is 30.3 Å². The van der Waals surface area contributed by atoms with Gasteiger partial charge >= 0.3 is 6.09 Å². The van der Waals surface area contributed by atoms with Crippen LogP contribution in [-0.2, 0) is 25.5 Å². The molecule has 0 aliphatic heterocycles. The molecule has 3 aromatic rings. The summed E-state index contributed by atoms with van der Waals surface area (Å²) in [6.07, 6.45) is 0.973.